The maximum atomic E-state index is 11.5. The molecule has 86 valence electrons. The van der Waals surface area contributed by atoms with Crippen LogP contribution in [0.1, 0.15) is 5.56 Å². The van der Waals surface area contributed by atoms with Gasteiger partial charge in [0.15, 0.2) is 10.6 Å². The Bertz CT molecular complexity index is 660. The second-order valence-electron chi connectivity index (χ2n) is 3.12. The summed E-state index contributed by atoms with van der Waals surface area (Å²) in [6.45, 7) is 0. The number of rotatable bonds is 2. The average Bonchev–Trinajstić information content (AvgIpc) is 2.29. The van der Waals surface area contributed by atoms with E-state index >= 15 is 0 Å². The van der Waals surface area contributed by atoms with Crippen LogP contribution in [0.2, 0.25) is 0 Å². The van der Waals surface area contributed by atoms with Gasteiger partial charge in [0.2, 0.25) is 5.88 Å². The van der Waals surface area contributed by atoms with Gasteiger partial charge in [-0.2, -0.15) is 0 Å². The number of hydrogen-bond donors (Lipinski definition) is 3. The third-order valence-electron chi connectivity index (χ3n) is 1.93. The van der Waals surface area contributed by atoms with Gasteiger partial charge in [0.05, 0.1) is 0 Å². The molecule has 0 fully saturated rings. The van der Waals surface area contributed by atoms with Crippen LogP contribution in [0.4, 0.5) is 5.82 Å². The second kappa shape index (κ2) is 4.71. The predicted octanol–water partition coefficient (Wildman–Crippen LogP) is 1.28. The molecule has 0 aliphatic rings. The molecule has 0 atom stereocenters. The Hall–Kier alpha value is -2.28. The Morgan fingerprint density at radius 3 is 2.88 bits per heavy atom. The molecule has 0 saturated carbocycles. The molecule has 0 aromatic carbocycles. The van der Waals surface area contributed by atoms with Gasteiger partial charge in [-0.05, 0) is 24.4 Å². The first kappa shape index (κ1) is 11.2. The fourth-order valence-electron chi connectivity index (χ4n) is 1.16. The van der Waals surface area contributed by atoms with Crippen LogP contribution >= 0.6 is 12.2 Å². The monoisotopic (exact) mass is 248 g/mol. The Labute approximate surface area is 101 Å². The number of aliphatic imine (C=N–C) groups is 1. The second-order valence-corrected chi connectivity index (χ2v) is 3.52. The van der Waals surface area contributed by atoms with E-state index in [0.29, 0.717) is 5.82 Å². The fraction of sp³-hybridized carbons (Fsp3) is 0. The van der Waals surface area contributed by atoms with E-state index in [9.17, 15) is 9.90 Å². The number of H-pyrrole nitrogens is 2. The zero-order valence-corrected chi connectivity index (χ0v) is 9.36. The summed E-state index contributed by atoms with van der Waals surface area (Å²) in [6.07, 6.45) is 2.80. The zero-order chi connectivity index (χ0) is 12.3. The van der Waals surface area contributed by atoms with Crippen LogP contribution < -0.4 is 5.56 Å². The van der Waals surface area contributed by atoms with E-state index in [2.05, 4.69) is 19.9 Å². The van der Waals surface area contributed by atoms with Gasteiger partial charge in [-0.1, -0.05) is 6.07 Å². The van der Waals surface area contributed by atoms with Crippen LogP contribution in [0.5, 0.6) is 5.88 Å². The van der Waals surface area contributed by atoms with Crippen molar-refractivity contribution in [3.05, 3.63) is 45.1 Å². The van der Waals surface area contributed by atoms with E-state index in [1.165, 1.54) is 6.21 Å². The van der Waals surface area contributed by atoms with Gasteiger partial charge in [-0.15, -0.1) is 0 Å². The molecule has 0 spiro atoms. The summed E-state index contributed by atoms with van der Waals surface area (Å²) in [6, 6.07) is 5.19. The van der Waals surface area contributed by atoms with E-state index in [1.807, 2.05) is 0 Å². The number of aromatic nitrogens is 3. The molecule has 2 aromatic rings. The number of aromatic hydroxyl groups is 1. The van der Waals surface area contributed by atoms with Crippen LogP contribution in [0.25, 0.3) is 0 Å². The number of hydrogen-bond acceptors (Lipinski definition) is 5. The SMILES string of the molecule is O=c1[nH]c(=S)[nH]c(O)c1C=Nc1ccccn1. The highest BCUT2D eigenvalue weighted by atomic mass is 32.1. The van der Waals surface area contributed by atoms with Gasteiger partial charge < -0.3 is 10.1 Å². The molecule has 0 aliphatic carbocycles. The first-order valence-corrected chi connectivity index (χ1v) is 5.08. The smallest absolute Gasteiger partial charge is 0.264 e. The largest absolute Gasteiger partial charge is 0.494 e. The maximum absolute atomic E-state index is 11.5. The first-order valence-electron chi connectivity index (χ1n) is 4.67. The van der Waals surface area contributed by atoms with E-state index in [-0.39, 0.29) is 16.2 Å². The molecule has 0 bridgehead atoms. The molecule has 17 heavy (non-hydrogen) atoms. The summed E-state index contributed by atoms with van der Waals surface area (Å²) in [5, 5.41) is 9.50. The lowest BCUT2D eigenvalue weighted by molar-refractivity contribution is 0.449. The Kier molecular flexibility index (Phi) is 3.10. The molecule has 0 saturated heterocycles. The van der Waals surface area contributed by atoms with Gasteiger partial charge >= 0.3 is 0 Å². The molecule has 0 amide bonds. The highest BCUT2D eigenvalue weighted by Crippen LogP contribution is 2.08. The Morgan fingerprint density at radius 1 is 1.41 bits per heavy atom. The van der Waals surface area contributed by atoms with Crippen molar-refractivity contribution in [1.82, 2.24) is 15.0 Å². The minimum atomic E-state index is -0.508. The lowest BCUT2D eigenvalue weighted by atomic mass is 10.3. The van der Waals surface area contributed by atoms with Gasteiger partial charge in [0.25, 0.3) is 5.56 Å². The van der Waals surface area contributed by atoms with Crippen molar-refractivity contribution in [2.45, 2.75) is 0 Å². The van der Waals surface area contributed by atoms with Crippen molar-refractivity contribution in [3.63, 3.8) is 0 Å². The Balaban J connectivity index is 2.41. The first-order chi connectivity index (χ1) is 8.16. The summed E-state index contributed by atoms with van der Waals surface area (Å²) in [5.41, 5.74) is -0.504. The highest BCUT2D eigenvalue weighted by molar-refractivity contribution is 7.71. The lowest BCUT2D eigenvalue weighted by Gasteiger charge is -1.96. The minimum absolute atomic E-state index is 0.00394. The van der Waals surface area contributed by atoms with Gasteiger partial charge in [0, 0.05) is 12.4 Å². The molecule has 6 nitrogen and oxygen atoms in total. The van der Waals surface area contributed by atoms with Crippen molar-refractivity contribution in [2.24, 2.45) is 4.99 Å². The van der Waals surface area contributed by atoms with Crippen molar-refractivity contribution >= 4 is 24.3 Å². The normalized spacial score (nSPS) is 10.8. The minimum Gasteiger partial charge on any atom is -0.494 e. The van der Waals surface area contributed by atoms with Crippen LogP contribution in [0.15, 0.2) is 34.2 Å². The third-order valence-corrected chi connectivity index (χ3v) is 2.14. The number of nitrogens with zero attached hydrogens (tertiary/aromatic N) is 2. The van der Waals surface area contributed by atoms with E-state index in [1.54, 1.807) is 24.4 Å². The van der Waals surface area contributed by atoms with Gasteiger partial charge in [-0.3, -0.25) is 9.78 Å². The highest BCUT2D eigenvalue weighted by Gasteiger charge is 2.03. The summed E-state index contributed by atoms with van der Waals surface area (Å²) in [5.74, 6) is 0.118. The maximum Gasteiger partial charge on any atom is 0.264 e. The van der Waals surface area contributed by atoms with Crippen molar-refractivity contribution < 1.29 is 5.11 Å². The lowest BCUT2D eigenvalue weighted by Crippen LogP contribution is -2.13. The van der Waals surface area contributed by atoms with Crippen molar-refractivity contribution in [3.8, 4) is 5.88 Å². The molecule has 2 heterocycles. The van der Waals surface area contributed by atoms with E-state index in [4.69, 9.17) is 12.2 Å². The molecular formula is C10H8N4O2S. The Morgan fingerprint density at radius 2 is 2.24 bits per heavy atom. The topological polar surface area (TPSA) is 94.1 Å². The molecular weight excluding hydrogens is 240 g/mol. The zero-order valence-electron chi connectivity index (χ0n) is 8.54. The fourth-order valence-corrected chi connectivity index (χ4v) is 1.35. The number of pyridine rings is 1. The summed E-state index contributed by atoms with van der Waals surface area (Å²) >= 11 is 4.70. The van der Waals surface area contributed by atoms with Crippen molar-refractivity contribution in [1.29, 1.82) is 0 Å². The van der Waals surface area contributed by atoms with Gasteiger partial charge in [0.1, 0.15) is 5.56 Å². The van der Waals surface area contributed by atoms with Crippen molar-refractivity contribution in [2.75, 3.05) is 0 Å². The third kappa shape index (κ3) is 2.64. The molecule has 0 radical (unpaired) electrons. The predicted molar refractivity (Wildman–Crippen MR) is 65.4 cm³/mol. The number of aromatic amines is 2. The summed E-state index contributed by atoms with van der Waals surface area (Å²) in [7, 11) is 0. The molecule has 7 heteroatoms. The standard InChI is InChI=1S/C10H8N4O2S/c15-8-6(9(16)14-10(17)13-8)5-12-7-3-1-2-4-11-7/h1-5H,(H3,13,14,15,16,17). The molecule has 0 unspecified atom stereocenters. The van der Waals surface area contributed by atoms with Crippen LogP contribution in [0.3, 0.4) is 0 Å². The van der Waals surface area contributed by atoms with Crippen LogP contribution in [-0.4, -0.2) is 26.3 Å². The quantitative estimate of drug-likeness (QED) is 0.551. The molecule has 3 N–H and O–H groups in total. The summed E-state index contributed by atoms with van der Waals surface area (Å²) in [4.78, 5) is 24.1. The van der Waals surface area contributed by atoms with Gasteiger partial charge in [-0.25, -0.2) is 9.98 Å². The molecule has 0 aliphatic heterocycles. The van der Waals surface area contributed by atoms with E-state index in [0.717, 1.165) is 0 Å². The molecule has 2 rings (SSSR count). The van der Waals surface area contributed by atoms with E-state index < -0.39 is 5.56 Å². The number of nitrogens with one attached hydrogen (secondary N) is 2. The molecule has 2 aromatic heterocycles. The average molecular weight is 248 g/mol. The van der Waals surface area contributed by atoms with Crippen LogP contribution in [-0.2, 0) is 0 Å². The van der Waals surface area contributed by atoms with Crippen LogP contribution in [0, 0.1) is 4.77 Å². The summed E-state index contributed by atoms with van der Waals surface area (Å²) < 4.78 is 0.0579.